The molecular formula is C34H40FN4O8PS. The number of thioether (sulfide) groups is 1. The van der Waals surface area contributed by atoms with E-state index in [0.717, 1.165) is 42.0 Å². The van der Waals surface area contributed by atoms with E-state index in [-0.39, 0.29) is 36.9 Å². The molecule has 2 aromatic carbocycles. The Labute approximate surface area is 288 Å². The summed E-state index contributed by atoms with van der Waals surface area (Å²) < 4.78 is 53.5. The fourth-order valence-electron chi connectivity index (χ4n) is 4.99. The lowest BCUT2D eigenvalue weighted by Crippen LogP contribution is -2.37. The number of nitriles is 1. The molecule has 1 aliphatic rings. The van der Waals surface area contributed by atoms with Crippen molar-refractivity contribution in [3.05, 3.63) is 94.5 Å². The molecule has 1 aliphatic heterocycles. The standard InChI is InChI=1S/C34H40FN4O8PS/c1-3-5-13-24(4-2)22-45-48(43,44-21-12-19-36)46-23-27-30(47-33(41)26-16-10-7-11-17-26)29(35)32(49-27)39-20-18-28(38-34(39)42)37-31(40)25-14-8-6-9-15-25/h6-11,14-18,20,24,27,29-30,32H,3-5,12-13,21-23H2,1-2H3,(H,37,38,40,42)/t24?,27-,29+,30-,32?,48?/m1/s1. The van der Waals surface area contributed by atoms with E-state index in [0.29, 0.717) is 5.56 Å². The van der Waals surface area contributed by atoms with Crippen molar-refractivity contribution in [2.24, 2.45) is 5.92 Å². The number of hydrogen-bond donors (Lipinski definition) is 1. The number of alkyl halides is 1. The normalized spacial score (nSPS) is 20.5. The molecule has 0 spiro atoms. The van der Waals surface area contributed by atoms with E-state index in [4.69, 9.17) is 23.6 Å². The minimum Gasteiger partial charge on any atom is -0.454 e. The number of aromatic nitrogens is 2. The van der Waals surface area contributed by atoms with Crippen LogP contribution in [0.25, 0.3) is 0 Å². The van der Waals surface area contributed by atoms with Crippen LogP contribution in [0.5, 0.6) is 0 Å². The molecular weight excluding hydrogens is 674 g/mol. The molecule has 3 aromatic rings. The number of benzene rings is 2. The summed E-state index contributed by atoms with van der Waals surface area (Å²) in [7, 11) is -4.23. The summed E-state index contributed by atoms with van der Waals surface area (Å²) >= 11 is 0.931. The van der Waals surface area contributed by atoms with Crippen molar-refractivity contribution in [2.75, 3.05) is 25.1 Å². The number of amides is 1. The zero-order valence-corrected chi connectivity index (χ0v) is 29.0. The van der Waals surface area contributed by atoms with Crippen LogP contribution in [0.2, 0.25) is 0 Å². The molecule has 1 aromatic heterocycles. The Balaban J connectivity index is 1.54. The van der Waals surface area contributed by atoms with E-state index >= 15 is 4.39 Å². The highest BCUT2D eigenvalue weighted by Gasteiger charge is 2.49. The maximum atomic E-state index is 16.3. The van der Waals surface area contributed by atoms with Crippen LogP contribution in [0.1, 0.15) is 72.0 Å². The van der Waals surface area contributed by atoms with E-state index < -0.39 is 54.9 Å². The molecule has 1 N–H and O–H groups in total. The minimum absolute atomic E-state index is 0.0302. The van der Waals surface area contributed by atoms with Crippen LogP contribution in [0.3, 0.4) is 0 Å². The zero-order chi connectivity index (χ0) is 35.2. The van der Waals surface area contributed by atoms with Gasteiger partial charge in [0.05, 0.1) is 43.1 Å². The Morgan fingerprint density at radius 3 is 2.39 bits per heavy atom. The number of phosphoric acid groups is 1. The van der Waals surface area contributed by atoms with Crippen LogP contribution in [0.15, 0.2) is 77.7 Å². The van der Waals surface area contributed by atoms with E-state index in [9.17, 15) is 18.9 Å². The molecule has 49 heavy (non-hydrogen) atoms. The molecule has 262 valence electrons. The number of carbonyl (C=O) groups is 2. The fraction of sp³-hybridized carbons (Fsp3) is 0.441. The number of carbonyl (C=O) groups excluding carboxylic acids is 2. The number of unbranched alkanes of at least 4 members (excludes halogenated alkanes) is 1. The lowest BCUT2D eigenvalue weighted by atomic mass is 10.0. The van der Waals surface area contributed by atoms with Gasteiger partial charge in [-0.05, 0) is 42.7 Å². The first kappa shape index (κ1) is 38.0. The molecule has 15 heteroatoms. The molecule has 4 rings (SSSR count). The Morgan fingerprint density at radius 1 is 1.06 bits per heavy atom. The average molecular weight is 715 g/mol. The third-order valence-electron chi connectivity index (χ3n) is 7.77. The van der Waals surface area contributed by atoms with Crippen LogP contribution in [0.4, 0.5) is 10.2 Å². The summed E-state index contributed by atoms with van der Waals surface area (Å²) in [6.45, 7) is 3.51. The van der Waals surface area contributed by atoms with Crippen molar-refractivity contribution >= 4 is 37.3 Å². The molecule has 6 atom stereocenters. The molecule has 3 unspecified atom stereocenters. The molecule has 0 aliphatic carbocycles. The van der Waals surface area contributed by atoms with Crippen molar-refractivity contribution in [2.45, 2.75) is 68.9 Å². The van der Waals surface area contributed by atoms with Crippen molar-refractivity contribution in [1.82, 2.24) is 9.55 Å². The third kappa shape index (κ3) is 10.8. The van der Waals surface area contributed by atoms with Crippen molar-refractivity contribution in [3.63, 3.8) is 0 Å². The highest BCUT2D eigenvalue weighted by molar-refractivity contribution is 8.00. The van der Waals surface area contributed by atoms with Gasteiger partial charge in [-0.2, -0.15) is 10.2 Å². The molecule has 1 fully saturated rings. The molecule has 2 heterocycles. The van der Waals surface area contributed by atoms with E-state index in [1.807, 2.05) is 13.0 Å². The smallest absolute Gasteiger partial charge is 0.454 e. The Morgan fingerprint density at radius 2 is 1.76 bits per heavy atom. The van der Waals surface area contributed by atoms with Gasteiger partial charge in [-0.15, -0.1) is 11.8 Å². The fourth-order valence-corrected chi connectivity index (χ4v) is 7.83. The van der Waals surface area contributed by atoms with Gasteiger partial charge < -0.3 is 10.1 Å². The topological polar surface area (TPSA) is 159 Å². The second-order valence-electron chi connectivity index (χ2n) is 11.3. The molecule has 0 bridgehead atoms. The highest BCUT2D eigenvalue weighted by Crippen LogP contribution is 2.53. The first-order valence-electron chi connectivity index (χ1n) is 16.1. The maximum absolute atomic E-state index is 16.3. The number of phosphoric ester groups is 1. The number of halogens is 1. The quantitative estimate of drug-likeness (QED) is 0.0825. The molecule has 0 radical (unpaired) electrons. The second-order valence-corrected chi connectivity index (χ2v) is 14.3. The van der Waals surface area contributed by atoms with E-state index in [1.54, 1.807) is 48.5 Å². The van der Waals surface area contributed by atoms with E-state index in [1.165, 1.54) is 24.4 Å². The van der Waals surface area contributed by atoms with E-state index in [2.05, 4.69) is 17.2 Å². The molecule has 1 amide bonds. The number of esters is 1. The number of ether oxygens (including phenoxy) is 1. The van der Waals surface area contributed by atoms with Gasteiger partial charge in [0.1, 0.15) is 11.2 Å². The van der Waals surface area contributed by atoms with Gasteiger partial charge in [0, 0.05) is 11.8 Å². The first-order valence-corrected chi connectivity index (χ1v) is 18.5. The van der Waals surface area contributed by atoms with Gasteiger partial charge in [0.2, 0.25) is 0 Å². The van der Waals surface area contributed by atoms with Crippen LogP contribution in [-0.2, 0) is 22.9 Å². The number of anilines is 1. The summed E-state index contributed by atoms with van der Waals surface area (Å²) in [5.74, 6) is -1.21. The summed E-state index contributed by atoms with van der Waals surface area (Å²) in [5, 5.41) is 9.35. The Kier molecular flexibility index (Phi) is 14.5. The van der Waals surface area contributed by atoms with Gasteiger partial charge in [-0.3, -0.25) is 22.9 Å². The summed E-state index contributed by atoms with van der Waals surface area (Å²) in [5.41, 5.74) is -0.308. The summed E-state index contributed by atoms with van der Waals surface area (Å²) in [6, 6.07) is 19.6. The van der Waals surface area contributed by atoms with Crippen LogP contribution in [0, 0.1) is 17.2 Å². The monoisotopic (exact) mass is 714 g/mol. The Hall–Kier alpha value is -3.86. The predicted octanol–water partition coefficient (Wildman–Crippen LogP) is 6.96. The number of rotatable bonds is 18. The SMILES string of the molecule is CCCCC(CC)COP(=O)(OCCC#N)OC[C@H]1SC(n2ccc(NC(=O)c3ccccc3)nc2=O)[C@@H](F)[C@@H]1OC(=O)c1ccccc1. The molecule has 12 nitrogen and oxygen atoms in total. The van der Waals surface area contributed by atoms with Crippen molar-refractivity contribution < 1.29 is 36.9 Å². The van der Waals surface area contributed by atoms with Gasteiger partial charge >= 0.3 is 19.5 Å². The maximum Gasteiger partial charge on any atom is 0.474 e. The van der Waals surface area contributed by atoms with Gasteiger partial charge in [0.25, 0.3) is 5.91 Å². The minimum atomic E-state index is -4.23. The predicted molar refractivity (Wildman–Crippen MR) is 183 cm³/mol. The van der Waals surface area contributed by atoms with Crippen LogP contribution < -0.4 is 11.0 Å². The van der Waals surface area contributed by atoms with Crippen molar-refractivity contribution in [1.29, 1.82) is 5.26 Å². The first-order chi connectivity index (χ1) is 23.7. The average Bonchev–Trinajstić information content (AvgIpc) is 3.42. The van der Waals surface area contributed by atoms with Crippen molar-refractivity contribution in [3.8, 4) is 6.07 Å². The zero-order valence-electron chi connectivity index (χ0n) is 27.3. The largest absolute Gasteiger partial charge is 0.474 e. The summed E-state index contributed by atoms with van der Waals surface area (Å²) in [6.07, 6.45) is 1.44. The van der Waals surface area contributed by atoms with Gasteiger partial charge in [0.15, 0.2) is 12.3 Å². The van der Waals surface area contributed by atoms with Gasteiger partial charge in [-0.1, -0.05) is 69.5 Å². The van der Waals surface area contributed by atoms with Crippen LogP contribution >= 0.6 is 19.6 Å². The number of hydrogen-bond acceptors (Lipinski definition) is 11. The molecule has 0 saturated carbocycles. The Bertz CT molecular complexity index is 1680. The molecule has 1 saturated heterocycles. The second kappa shape index (κ2) is 18.8. The van der Waals surface area contributed by atoms with Crippen LogP contribution in [-0.4, -0.2) is 58.8 Å². The summed E-state index contributed by atoms with van der Waals surface area (Å²) in [4.78, 5) is 42.7. The third-order valence-corrected chi connectivity index (χ3v) is 10.7. The number of nitrogens with zero attached hydrogens (tertiary/aromatic N) is 3. The highest BCUT2D eigenvalue weighted by atomic mass is 32.2. The lowest BCUT2D eigenvalue weighted by molar-refractivity contribution is 0.000826. The lowest BCUT2D eigenvalue weighted by Gasteiger charge is -2.24. The number of nitrogens with one attached hydrogen (secondary N) is 1. The van der Waals surface area contributed by atoms with Gasteiger partial charge in [-0.25, -0.2) is 18.5 Å².